The number of anilines is 2. The molecule has 1 heterocycles. The van der Waals surface area contributed by atoms with E-state index < -0.39 is 0 Å². The fraction of sp³-hybridized carbons (Fsp3) is 0.286. The van der Waals surface area contributed by atoms with Gasteiger partial charge in [0.2, 0.25) is 11.0 Å². The van der Waals surface area contributed by atoms with Crippen LogP contribution < -0.4 is 15.4 Å². The standard InChI is InChI=1S/C21H24N4O2S2/c1-4-27-18-8-6-5-7-17(18)23-20-24-25-21(29-20)28-15(3)19(26)22-13-16-11-9-14(2)10-12-16/h5-12,15H,4,13H2,1-3H3,(H,22,26)(H,23,24). The summed E-state index contributed by atoms with van der Waals surface area (Å²) in [5, 5.41) is 15.0. The first-order chi connectivity index (χ1) is 14.0. The molecule has 0 aliphatic rings. The van der Waals surface area contributed by atoms with Crippen molar-refractivity contribution in [2.24, 2.45) is 0 Å². The number of aryl methyl sites for hydroxylation is 1. The molecule has 6 nitrogen and oxygen atoms in total. The summed E-state index contributed by atoms with van der Waals surface area (Å²) >= 11 is 2.81. The zero-order chi connectivity index (χ0) is 20.6. The van der Waals surface area contributed by atoms with Gasteiger partial charge in [0, 0.05) is 6.54 Å². The van der Waals surface area contributed by atoms with Crippen molar-refractivity contribution in [2.75, 3.05) is 11.9 Å². The highest BCUT2D eigenvalue weighted by Crippen LogP contribution is 2.33. The number of hydrogen-bond acceptors (Lipinski definition) is 7. The van der Waals surface area contributed by atoms with Crippen molar-refractivity contribution in [3.63, 3.8) is 0 Å². The van der Waals surface area contributed by atoms with E-state index in [2.05, 4.69) is 20.8 Å². The zero-order valence-corrected chi connectivity index (χ0v) is 18.3. The topological polar surface area (TPSA) is 76.1 Å². The van der Waals surface area contributed by atoms with Gasteiger partial charge >= 0.3 is 0 Å². The van der Waals surface area contributed by atoms with Crippen molar-refractivity contribution in [2.45, 2.75) is 36.9 Å². The summed E-state index contributed by atoms with van der Waals surface area (Å²) in [5.74, 6) is 0.741. The fourth-order valence-electron chi connectivity index (χ4n) is 2.52. The minimum atomic E-state index is -0.267. The van der Waals surface area contributed by atoms with Crippen LogP contribution in [0.3, 0.4) is 0 Å². The highest BCUT2D eigenvalue weighted by atomic mass is 32.2. The van der Waals surface area contributed by atoms with Crippen LogP contribution in [0.25, 0.3) is 0 Å². The largest absolute Gasteiger partial charge is 0.492 e. The molecule has 0 spiro atoms. The second-order valence-electron chi connectivity index (χ2n) is 6.39. The Labute approximate surface area is 179 Å². The fourth-order valence-corrected chi connectivity index (χ4v) is 4.45. The molecule has 152 valence electrons. The van der Waals surface area contributed by atoms with Gasteiger partial charge in [-0.2, -0.15) is 0 Å². The summed E-state index contributed by atoms with van der Waals surface area (Å²) in [5.41, 5.74) is 3.12. The molecule has 8 heteroatoms. The number of nitrogens with zero attached hydrogens (tertiary/aromatic N) is 2. The van der Waals surface area contributed by atoms with Gasteiger partial charge in [-0.25, -0.2) is 0 Å². The van der Waals surface area contributed by atoms with E-state index >= 15 is 0 Å². The van der Waals surface area contributed by atoms with Gasteiger partial charge in [0.05, 0.1) is 17.5 Å². The number of rotatable bonds is 9. The molecular formula is C21H24N4O2S2. The minimum Gasteiger partial charge on any atom is -0.492 e. The smallest absolute Gasteiger partial charge is 0.233 e. The van der Waals surface area contributed by atoms with Crippen LogP contribution in [0.1, 0.15) is 25.0 Å². The van der Waals surface area contributed by atoms with Crippen molar-refractivity contribution < 1.29 is 9.53 Å². The van der Waals surface area contributed by atoms with Gasteiger partial charge in [-0.05, 0) is 38.5 Å². The van der Waals surface area contributed by atoms with E-state index in [0.29, 0.717) is 18.3 Å². The lowest BCUT2D eigenvalue weighted by atomic mass is 10.1. The number of aromatic nitrogens is 2. The van der Waals surface area contributed by atoms with Gasteiger partial charge in [-0.15, -0.1) is 10.2 Å². The van der Waals surface area contributed by atoms with Crippen LogP contribution in [0.4, 0.5) is 10.8 Å². The maximum atomic E-state index is 12.4. The summed E-state index contributed by atoms with van der Waals surface area (Å²) in [7, 11) is 0. The first kappa shape index (κ1) is 21.1. The summed E-state index contributed by atoms with van der Waals surface area (Å²) in [6.07, 6.45) is 0. The van der Waals surface area contributed by atoms with E-state index in [1.807, 2.05) is 69.3 Å². The highest BCUT2D eigenvalue weighted by molar-refractivity contribution is 8.02. The molecule has 29 heavy (non-hydrogen) atoms. The lowest BCUT2D eigenvalue weighted by Gasteiger charge is -2.10. The van der Waals surface area contributed by atoms with Crippen molar-refractivity contribution in [1.82, 2.24) is 15.5 Å². The maximum Gasteiger partial charge on any atom is 0.233 e. The molecule has 2 N–H and O–H groups in total. The number of para-hydroxylation sites is 2. The monoisotopic (exact) mass is 428 g/mol. The lowest BCUT2D eigenvalue weighted by molar-refractivity contribution is -0.120. The quantitative estimate of drug-likeness (QED) is 0.478. The lowest BCUT2D eigenvalue weighted by Crippen LogP contribution is -2.30. The number of hydrogen-bond donors (Lipinski definition) is 2. The molecule has 3 rings (SSSR count). The molecule has 0 fully saturated rings. The van der Waals surface area contributed by atoms with Crippen LogP contribution in [-0.2, 0) is 11.3 Å². The third kappa shape index (κ3) is 6.20. The second kappa shape index (κ2) is 10.3. The van der Waals surface area contributed by atoms with E-state index in [4.69, 9.17) is 4.74 Å². The summed E-state index contributed by atoms with van der Waals surface area (Å²) < 4.78 is 6.35. The zero-order valence-electron chi connectivity index (χ0n) is 16.6. The molecule has 0 aliphatic heterocycles. The number of carbonyl (C=O) groups excluding carboxylic acids is 1. The Morgan fingerprint density at radius 3 is 2.69 bits per heavy atom. The van der Waals surface area contributed by atoms with Gasteiger partial charge in [-0.3, -0.25) is 4.79 Å². The van der Waals surface area contributed by atoms with Crippen molar-refractivity contribution in [3.05, 3.63) is 59.7 Å². The Morgan fingerprint density at radius 2 is 1.93 bits per heavy atom. The molecule has 0 saturated heterocycles. The van der Waals surface area contributed by atoms with E-state index in [9.17, 15) is 4.79 Å². The molecule has 1 aromatic heterocycles. The van der Waals surface area contributed by atoms with Crippen LogP contribution in [0.5, 0.6) is 5.75 Å². The first-order valence-electron chi connectivity index (χ1n) is 9.37. The van der Waals surface area contributed by atoms with E-state index in [-0.39, 0.29) is 11.2 Å². The van der Waals surface area contributed by atoms with Gasteiger partial charge < -0.3 is 15.4 Å². The van der Waals surface area contributed by atoms with Crippen LogP contribution in [-0.4, -0.2) is 28.0 Å². The van der Waals surface area contributed by atoms with Gasteiger partial charge in [0.15, 0.2) is 4.34 Å². The summed E-state index contributed by atoms with van der Waals surface area (Å²) in [4.78, 5) is 12.4. The average Bonchev–Trinajstić information content (AvgIpc) is 3.15. The molecule has 1 unspecified atom stereocenters. The Balaban J connectivity index is 1.53. The van der Waals surface area contributed by atoms with E-state index in [1.54, 1.807) is 0 Å². The highest BCUT2D eigenvalue weighted by Gasteiger charge is 2.17. The third-order valence-corrected chi connectivity index (χ3v) is 6.09. The number of ether oxygens (including phenoxy) is 1. The number of nitrogens with one attached hydrogen (secondary N) is 2. The second-order valence-corrected chi connectivity index (χ2v) is 8.96. The molecule has 1 amide bonds. The summed E-state index contributed by atoms with van der Waals surface area (Å²) in [6.45, 7) is 6.96. The van der Waals surface area contributed by atoms with E-state index in [1.165, 1.54) is 28.7 Å². The van der Waals surface area contributed by atoms with Crippen LogP contribution in [0.15, 0.2) is 52.9 Å². The molecular weight excluding hydrogens is 404 g/mol. The normalized spacial score (nSPS) is 11.7. The molecule has 2 aromatic carbocycles. The predicted octanol–water partition coefficient (Wildman–Crippen LogP) is 4.79. The van der Waals surface area contributed by atoms with Gasteiger partial charge in [0.25, 0.3) is 0 Å². The van der Waals surface area contributed by atoms with Crippen molar-refractivity contribution >= 4 is 39.8 Å². The van der Waals surface area contributed by atoms with Gasteiger partial charge in [0.1, 0.15) is 5.75 Å². The molecule has 1 atom stereocenters. The van der Waals surface area contributed by atoms with Gasteiger partial charge in [-0.1, -0.05) is 65.1 Å². The molecule has 0 radical (unpaired) electrons. The third-order valence-electron chi connectivity index (χ3n) is 4.07. The number of thioether (sulfide) groups is 1. The van der Waals surface area contributed by atoms with Crippen LogP contribution in [0, 0.1) is 6.92 Å². The number of carbonyl (C=O) groups is 1. The Morgan fingerprint density at radius 1 is 1.17 bits per heavy atom. The van der Waals surface area contributed by atoms with Crippen molar-refractivity contribution in [3.8, 4) is 5.75 Å². The SMILES string of the molecule is CCOc1ccccc1Nc1nnc(SC(C)C(=O)NCc2ccc(C)cc2)s1. The molecule has 3 aromatic rings. The van der Waals surface area contributed by atoms with E-state index in [0.717, 1.165) is 21.3 Å². The predicted molar refractivity (Wildman–Crippen MR) is 119 cm³/mol. The number of amides is 1. The Hall–Kier alpha value is -2.58. The van der Waals surface area contributed by atoms with Crippen LogP contribution in [0.2, 0.25) is 0 Å². The van der Waals surface area contributed by atoms with Crippen molar-refractivity contribution in [1.29, 1.82) is 0 Å². The molecule has 0 saturated carbocycles. The Kier molecular flexibility index (Phi) is 7.48. The Bertz CT molecular complexity index is 944. The number of benzene rings is 2. The average molecular weight is 429 g/mol. The molecule has 0 bridgehead atoms. The first-order valence-corrected chi connectivity index (χ1v) is 11.1. The summed E-state index contributed by atoms with van der Waals surface area (Å²) in [6, 6.07) is 15.8. The molecule has 0 aliphatic carbocycles. The minimum absolute atomic E-state index is 0.0259. The van der Waals surface area contributed by atoms with Crippen LogP contribution >= 0.6 is 23.1 Å². The maximum absolute atomic E-state index is 12.4.